The minimum atomic E-state index is -0.218. The van der Waals surface area contributed by atoms with E-state index in [4.69, 9.17) is 4.74 Å². The molecule has 1 heterocycles. The molecule has 2 aliphatic carbocycles. The zero-order chi connectivity index (χ0) is 17.6. The highest BCUT2D eigenvalue weighted by atomic mass is 16.5. The van der Waals surface area contributed by atoms with Gasteiger partial charge < -0.3 is 14.5 Å². The number of morpholine rings is 1. The highest BCUT2D eigenvalue weighted by molar-refractivity contribution is 5.88. The van der Waals surface area contributed by atoms with Gasteiger partial charge in [0.05, 0.1) is 25.0 Å². The van der Waals surface area contributed by atoms with Crippen molar-refractivity contribution in [2.45, 2.75) is 32.1 Å². The van der Waals surface area contributed by atoms with E-state index in [1.807, 2.05) is 16.8 Å². The maximum absolute atomic E-state index is 13.0. The van der Waals surface area contributed by atoms with Crippen molar-refractivity contribution in [3.63, 3.8) is 0 Å². The molecule has 2 amide bonds. The molecule has 0 N–H and O–H groups in total. The Bertz CT molecular complexity index is 537. The molecule has 3 unspecified atom stereocenters. The summed E-state index contributed by atoms with van der Waals surface area (Å²) < 4.78 is 5.35. The molecule has 0 radical (unpaired) electrons. The van der Waals surface area contributed by atoms with Crippen LogP contribution in [0.2, 0.25) is 0 Å². The molecule has 0 aromatic heterocycles. The van der Waals surface area contributed by atoms with Gasteiger partial charge in [-0.1, -0.05) is 24.3 Å². The second-order valence-electron chi connectivity index (χ2n) is 7.46. The Morgan fingerprint density at radius 3 is 2.40 bits per heavy atom. The molecule has 3 aliphatic rings. The van der Waals surface area contributed by atoms with Crippen LogP contribution < -0.4 is 0 Å². The number of ether oxygens (including phenoxy) is 1. The maximum atomic E-state index is 13.0. The number of carbonyl (C=O) groups is 2. The molecule has 0 aromatic rings. The summed E-state index contributed by atoms with van der Waals surface area (Å²) >= 11 is 0. The summed E-state index contributed by atoms with van der Waals surface area (Å²) in [6, 6.07) is 0. The van der Waals surface area contributed by atoms with Gasteiger partial charge in [0.1, 0.15) is 0 Å². The van der Waals surface area contributed by atoms with Gasteiger partial charge in [0, 0.05) is 26.7 Å². The first-order chi connectivity index (χ1) is 12.2. The largest absolute Gasteiger partial charge is 0.378 e. The lowest BCUT2D eigenvalue weighted by Gasteiger charge is -2.36. The van der Waals surface area contributed by atoms with Crippen molar-refractivity contribution in [1.29, 1.82) is 0 Å². The van der Waals surface area contributed by atoms with Gasteiger partial charge >= 0.3 is 0 Å². The van der Waals surface area contributed by atoms with Crippen LogP contribution in [0, 0.1) is 17.8 Å². The first kappa shape index (κ1) is 18.2. The van der Waals surface area contributed by atoms with E-state index in [1.54, 1.807) is 0 Å². The van der Waals surface area contributed by atoms with Crippen LogP contribution in [0.4, 0.5) is 0 Å². The van der Waals surface area contributed by atoms with Crippen molar-refractivity contribution in [2.75, 3.05) is 39.9 Å². The van der Waals surface area contributed by atoms with Crippen molar-refractivity contribution in [3.05, 3.63) is 24.3 Å². The molecule has 0 spiro atoms. The lowest BCUT2D eigenvalue weighted by molar-refractivity contribution is -0.148. The Morgan fingerprint density at radius 2 is 1.72 bits per heavy atom. The number of hydrogen-bond acceptors (Lipinski definition) is 3. The molecule has 138 valence electrons. The predicted molar refractivity (Wildman–Crippen MR) is 96.9 cm³/mol. The third-order valence-electron chi connectivity index (χ3n) is 5.68. The summed E-state index contributed by atoms with van der Waals surface area (Å²) in [7, 11) is 1.90. The minimum absolute atomic E-state index is 0.125. The van der Waals surface area contributed by atoms with Gasteiger partial charge in [0.15, 0.2) is 0 Å². The van der Waals surface area contributed by atoms with Crippen molar-refractivity contribution in [2.24, 2.45) is 17.8 Å². The number of nitrogens with zero attached hydrogens (tertiary/aromatic N) is 2. The summed E-state index contributed by atoms with van der Waals surface area (Å²) in [5.74, 6) is 0.366. The second kappa shape index (κ2) is 8.65. The zero-order valence-electron chi connectivity index (χ0n) is 15.2. The average molecular weight is 346 g/mol. The van der Waals surface area contributed by atoms with E-state index >= 15 is 0 Å². The summed E-state index contributed by atoms with van der Waals surface area (Å²) in [6.45, 7) is 3.28. The van der Waals surface area contributed by atoms with E-state index in [0.717, 1.165) is 25.8 Å². The van der Waals surface area contributed by atoms with Crippen LogP contribution >= 0.6 is 0 Å². The molecule has 0 saturated carbocycles. The first-order valence-corrected chi connectivity index (χ1v) is 9.58. The van der Waals surface area contributed by atoms with E-state index in [1.165, 1.54) is 0 Å². The number of rotatable bonds is 4. The van der Waals surface area contributed by atoms with Gasteiger partial charge in [-0.05, 0) is 38.0 Å². The van der Waals surface area contributed by atoms with Gasteiger partial charge in [-0.3, -0.25) is 9.59 Å². The van der Waals surface area contributed by atoms with Crippen LogP contribution in [0.1, 0.15) is 32.1 Å². The van der Waals surface area contributed by atoms with E-state index in [-0.39, 0.29) is 23.7 Å². The molecule has 0 bridgehead atoms. The van der Waals surface area contributed by atoms with Crippen LogP contribution in [-0.2, 0) is 14.3 Å². The molecule has 3 atom stereocenters. The molecule has 1 fully saturated rings. The summed E-state index contributed by atoms with van der Waals surface area (Å²) in [5, 5.41) is 0. The number of amides is 2. The molecule has 3 rings (SSSR count). The molecule has 1 saturated heterocycles. The van der Waals surface area contributed by atoms with Crippen molar-refractivity contribution < 1.29 is 14.3 Å². The smallest absolute Gasteiger partial charge is 0.226 e. The highest BCUT2D eigenvalue weighted by Crippen LogP contribution is 2.30. The number of hydrogen-bond donors (Lipinski definition) is 0. The number of allylic oxidation sites excluding steroid dienone is 4. The van der Waals surface area contributed by atoms with Crippen LogP contribution in [-0.4, -0.2) is 61.5 Å². The van der Waals surface area contributed by atoms with Gasteiger partial charge in [0.25, 0.3) is 0 Å². The van der Waals surface area contributed by atoms with Crippen molar-refractivity contribution >= 4 is 11.8 Å². The van der Waals surface area contributed by atoms with Gasteiger partial charge in [-0.25, -0.2) is 0 Å². The molecular weight excluding hydrogens is 316 g/mol. The van der Waals surface area contributed by atoms with E-state index in [2.05, 4.69) is 24.3 Å². The van der Waals surface area contributed by atoms with Gasteiger partial charge in [-0.2, -0.15) is 0 Å². The summed E-state index contributed by atoms with van der Waals surface area (Å²) in [5.41, 5.74) is 0. The molecule has 25 heavy (non-hydrogen) atoms. The van der Waals surface area contributed by atoms with E-state index in [9.17, 15) is 9.59 Å². The molecule has 1 aliphatic heterocycles. The van der Waals surface area contributed by atoms with Crippen molar-refractivity contribution in [1.82, 2.24) is 9.80 Å². The van der Waals surface area contributed by atoms with Gasteiger partial charge in [0.2, 0.25) is 11.8 Å². The highest BCUT2D eigenvalue weighted by Gasteiger charge is 2.38. The fraction of sp³-hybridized carbons (Fsp3) is 0.700. The number of carbonyl (C=O) groups excluding carboxylic acids is 2. The first-order valence-electron chi connectivity index (χ1n) is 9.58. The quantitative estimate of drug-likeness (QED) is 0.734. The third kappa shape index (κ3) is 4.51. The lowest BCUT2D eigenvalue weighted by atomic mass is 9.80. The normalized spacial score (nSPS) is 29.5. The lowest BCUT2D eigenvalue weighted by Crippen LogP contribution is -2.49. The second-order valence-corrected chi connectivity index (χ2v) is 7.46. The standard InChI is InChI=1S/C20H30N2O3/c1-21(15-16-7-3-2-4-8-16)19(23)17-9-5-6-10-18(17)20(24)22-11-13-25-14-12-22/h2-3,5-6,16-18H,4,7-15H2,1H3. The molecular formula is C20H30N2O3. The third-order valence-corrected chi connectivity index (χ3v) is 5.68. The fourth-order valence-electron chi connectivity index (χ4n) is 4.16. The van der Waals surface area contributed by atoms with E-state index < -0.39 is 0 Å². The Hall–Kier alpha value is -1.62. The Morgan fingerprint density at radius 1 is 1.04 bits per heavy atom. The van der Waals surface area contributed by atoms with Crippen LogP contribution in [0.25, 0.3) is 0 Å². The monoisotopic (exact) mass is 346 g/mol. The molecule has 5 nitrogen and oxygen atoms in total. The Kier molecular flexibility index (Phi) is 6.29. The van der Waals surface area contributed by atoms with Crippen LogP contribution in [0.5, 0.6) is 0 Å². The molecule has 5 heteroatoms. The minimum Gasteiger partial charge on any atom is -0.378 e. The Labute approximate surface area is 150 Å². The SMILES string of the molecule is CN(CC1CC=CCC1)C(=O)C1CC=CCC1C(=O)N1CCOCC1. The topological polar surface area (TPSA) is 49.9 Å². The zero-order valence-corrected chi connectivity index (χ0v) is 15.2. The summed E-state index contributed by atoms with van der Waals surface area (Å²) in [4.78, 5) is 29.7. The fourth-order valence-corrected chi connectivity index (χ4v) is 4.16. The Balaban J connectivity index is 1.62. The van der Waals surface area contributed by atoms with Crippen LogP contribution in [0.15, 0.2) is 24.3 Å². The molecule has 0 aromatic carbocycles. The maximum Gasteiger partial charge on any atom is 0.226 e. The van der Waals surface area contributed by atoms with Crippen molar-refractivity contribution in [3.8, 4) is 0 Å². The van der Waals surface area contributed by atoms with Gasteiger partial charge in [-0.15, -0.1) is 0 Å². The van der Waals surface area contributed by atoms with Crippen LogP contribution in [0.3, 0.4) is 0 Å². The average Bonchev–Trinajstić information content (AvgIpc) is 2.68. The predicted octanol–water partition coefficient (Wildman–Crippen LogP) is 2.24. The van der Waals surface area contributed by atoms with E-state index in [0.29, 0.717) is 45.1 Å². The summed E-state index contributed by atoms with van der Waals surface area (Å²) in [6.07, 6.45) is 13.2.